The molecule has 0 unspecified atom stereocenters. The summed E-state index contributed by atoms with van der Waals surface area (Å²) in [4.78, 5) is 56.8. The van der Waals surface area contributed by atoms with E-state index < -0.39 is 42.9 Å². The van der Waals surface area contributed by atoms with Crippen LogP contribution in [0.3, 0.4) is 0 Å². The predicted octanol–water partition coefficient (Wildman–Crippen LogP) is 3.74. The number of rotatable bonds is 10. The van der Waals surface area contributed by atoms with Gasteiger partial charge in [0.15, 0.2) is 8.32 Å². The number of nitrogen functional groups attached to an aromatic ring is 1. The molecule has 13 heteroatoms. The number of nitrogens with zero attached hydrogens (tertiary/aromatic N) is 4. The van der Waals surface area contributed by atoms with Crippen LogP contribution in [0.1, 0.15) is 97.6 Å². The molecular formula is C30H50N6O6Si. The molecular weight excluding hydrogens is 568 g/mol. The first kappa shape index (κ1) is 33.0. The molecule has 1 aromatic rings. The first-order chi connectivity index (χ1) is 20.0. The summed E-state index contributed by atoms with van der Waals surface area (Å²) in [5.41, 5.74) is 2.95. The van der Waals surface area contributed by atoms with E-state index in [1.54, 1.807) is 4.90 Å². The lowest BCUT2D eigenvalue weighted by Gasteiger charge is -2.58. The van der Waals surface area contributed by atoms with Gasteiger partial charge in [-0.2, -0.15) is 0 Å². The maximum Gasteiger partial charge on any atom is 0.334 e. The van der Waals surface area contributed by atoms with Crippen molar-refractivity contribution in [3.8, 4) is 5.88 Å². The number of nitrogens with one attached hydrogen (secondary N) is 1. The normalized spacial score (nSPS) is 26.1. The van der Waals surface area contributed by atoms with Crippen molar-refractivity contribution in [2.75, 3.05) is 19.7 Å². The molecule has 3 fully saturated rings. The number of likely N-dealkylation sites (N-methyl/N-ethyl adjacent to an activating group) is 1. The Labute approximate surface area is 254 Å². The number of aromatic hydroxyl groups is 1. The summed E-state index contributed by atoms with van der Waals surface area (Å²) in [5.74, 6) is -1.26. The molecule has 3 amide bonds. The van der Waals surface area contributed by atoms with Crippen molar-refractivity contribution in [1.29, 1.82) is 5.41 Å². The molecule has 0 atom stereocenters. The summed E-state index contributed by atoms with van der Waals surface area (Å²) in [6, 6.07) is -0.661. The lowest BCUT2D eigenvalue weighted by molar-refractivity contribution is -0.150. The average Bonchev–Trinajstić information content (AvgIpc) is 3.09. The number of carbonyl (C=O) groups is 2. The molecule has 12 nitrogen and oxygen atoms in total. The van der Waals surface area contributed by atoms with E-state index in [-0.39, 0.29) is 34.5 Å². The third-order valence-electron chi connectivity index (χ3n) is 10.6. The molecule has 2 aliphatic carbocycles. The van der Waals surface area contributed by atoms with E-state index in [0.717, 1.165) is 11.0 Å². The summed E-state index contributed by atoms with van der Waals surface area (Å²) < 4.78 is 8.69. The van der Waals surface area contributed by atoms with E-state index in [1.807, 2.05) is 13.8 Å². The molecule has 2 saturated carbocycles. The monoisotopic (exact) mass is 618 g/mol. The number of urea groups is 1. The lowest BCUT2D eigenvalue weighted by Crippen LogP contribution is -2.64. The van der Waals surface area contributed by atoms with Gasteiger partial charge in [-0.3, -0.25) is 29.0 Å². The van der Waals surface area contributed by atoms with E-state index in [2.05, 4.69) is 33.9 Å². The first-order valence-corrected chi connectivity index (χ1v) is 18.6. The van der Waals surface area contributed by atoms with Crippen LogP contribution in [0.4, 0.5) is 4.79 Å². The van der Waals surface area contributed by atoms with Gasteiger partial charge in [0.1, 0.15) is 16.9 Å². The molecule has 0 radical (unpaired) electrons. The number of aromatic nitrogens is 2. The third kappa shape index (κ3) is 5.47. The van der Waals surface area contributed by atoms with Gasteiger partial charge >= 0.3 is 11.7 Å². The Morgan fingerprint density at radius 3 is 2.21 bits per heavy atom. The third-order valence-corrected chi connectivity index (χ3v) is 15.1. The average molecular weight is 619 g/mol. The van der Waals surface area contributed by atoms with Crippen LogP contribution in [0, 0.1) is 10.8 Å². The van der Waals surface area contributed by atoms with Crippen LogP contribution < -0.4 is 17.0 Å². The number of amidine groups is 1. The Morgan fingerprint density at radius 1 is 1.09 bits per heavy atom. The summed E-state index contributed by atoms with van der Waals surface area (Å²) in [5, 5.41) is 18.5. The Bertz CT molecular complexity index is 1390. The second-order valence-corrected chi connectivity index (χ2v) is 19.1. The van der Waals surface area contributed by atoms with Crippen LogP contribution in [0.5, 0.6) is 5.88 Å². The first-order valence-electron chi connectivity index (χ1n) is 15.7. The number of hydrogen-bond donors (Lipinski definition) is 3. The van der Waals surface area contributed by atoms with Gasteiger partial charge in [-0.1, -0.05) is 34.1 Å². The number of imide groups is 1. The molecule has 240 valence electrons. The molecule has 2 spiro atoms. The molecule has 4 N–H and O–H groups in total. The number of nitrogens with two attached hydrogens (primary N) is 1. The van der Waals surface area contributed by atoms with Crippen LogP contribution >= 0.6 is 0 Å². The van der Waals surface area contributed by atoms with Crippen molar-refractivity contribution >= 4 is 26.1 Å². The van der Waals surface area contributed by atoms with E-state index >= 15 is 0 Å². The molecule has 1 aliphatic heterocycles. The Hall–Kier alpha value is -2.93. The van der Waals surface area contributed by atoms with Crippen molar-refractivity contribution in [2.45, 2.75) is 122 Å². The maximum atomic E-state index is 13.6. The zero-order valence-corrected chi connectivity index (χ0v) is 27.9. The van der Waals surface area contributed by atoms with E-state index in [4.69, 9.17) is 15.6 Å². The molecule has 1 aromatic heterocycles. The quantitative estimate of drug-likeness (QED) is 0.156. The van der Waals surface area contributed by atoms with Crippen molar-refractivity contribution in [3.05, 3.63) is 26.4 Å². The number of amides is 3. The SMILES string of the molecule is CCCCn1c(O)c(C(=N)N)c(=O)n(C2CCC3(CC2)CC2(C3)C(=O)N(CC)C(=O)N2CCO[Si](C)(C)C(C)(C)C)c1=O. The fraction of sp³-hybridized carbons (Fsp3) is 0.767. The van der Waals surface area contributed by atoms with Crippen LogP contribution in [-0.4, -0.2) is 75.4 Å². The largest absolute Gasteiger partial charge is 0.494 e. The molecule has 4 rings (SSSR count). The minimum absolute atomic E-state index is 0.0357. The molecule has 0 bridgehead atoms. The highest BCUT2D eigenvalue weighted by atomic mass is 28.4. The van der Waals surface area contributed by atoms with Gasteiger partial charge in [-0.15, -0.1) is 0 Å². The van der Waals surface area contributed by atoms with Gasteiger partial charge in [-0.05, 0) is 75.4 Å². The van der Waals surface area contributed by atoms with Crippen molar-refractivity contribution in [3.63, 3.8) is 0 Å². The Balaban J connectivity index is 1.53. The van der Waals surface area contributed by atoms with E-state index in [0.29, 0.717) is 64.6 Å². The van der Waals surface area contributed by atoms with Crippen LogP contribution in [-0.2, 0) is 15.8 Å². The second-order valence-electron chi connectivity index (χ2n) is 14.3. The molecule has 1 saturated heterocycles. The van der Waals surface area contributed by atoms with Gasteiger partial charge in [0, 0.05) is 25.7 Å². The lowest BCUT2D eigenvalue weighted by atomic mass is 9.51. The van der Waals surface area contributed by atoms with Gasteiger partial charge < -0.3 is 20.2 Å². The smallest absolute Gasteiger partial charge is 0.334 e. The number of carbonyl (C=O) groups excluding carboxylic acids is 2. The zero-order chi connectivity index (χ0) is 32.1. The van der Waals surface area contributed by atoms with Gasteiger partial charge in [-0.25, -0.2) is 9.59 Å². The minimum Gasteiger partial charge on any atom is -0.494 e. The molecule has 43 heavy (non-hydrogen) atoms. The topological polar surface area (TPSA) is 164 Å². The standard InChI is InChI=1S/C30H50N6O6Si/c1-8-10-15-34-23(37)21(22(31)32)24(38)36(27(34)41)20-11-13-29(14-12-20)18-30(19-29)25(39)33(9-2)26(40)35(30)16-17-42-43(6,7)28(3,4)5/h20,37H,8-19H2,1-7H3,(H3,31,32). The summed E-state index contributed by atoms with van der Waals surface area (Å²) in [7, 11) is -2.02. The molecule has 2 heterocycles. The summed E-state index contributed by atoms with van der Waals surface area (Å²) >= 11 is 0. The summed E-state index contributed by atoms with van der Waals surface area (Å²) in [6.07, 6.45) is 4.97. The molecule has 3 aliphatic rings. The van der Waals surface area contributed by atoms with Crippen molar-refractivity contribution in [2.24, 2.45) is 11.1 Å². The van der Waals surface area contributed by atoms with Crippen LogP contribution in [0.25, 0.3) is 0 Å². The highest BCUT2D eigenvalue weighted by molar-refractivity contribution is 6.74. The summed E-state index contributed by atoms with van der Waals surface area (Å²) in [6.45, 7) is 15.9. The Morgan fingerprint density at radius 2 is 1.70 bits per heavy atom. The highest BCUT2D eigenvalue weighted by Gasteiger charge is 2.68. The number of hydrogen-bond acceptors (Lipinski definition) is 7. The van der Waals surface area contributed by atoms with E-state index in [1.165, 1.54) is 9.47 Å². The predicted molar refractivity (Wildman–Crippen MR) is 167 cm³/mol. The van der Waals surface area contributed by atoms with Gasteiger partial charge in [0.2, 0.25) is 5.88 Å². The molecule has 0 aromatic carbocycles. The fourth-order valence-corrected chi connectivity index (χ4v) is 8.11. The fourth-order valence-electron chi connectivity index (χ4n) is 7.07. The van der Waals surface area contributed by atoms with Crippen LogP contribution in [0.15, 0.2) is 9.59 Å². The number of unbranched alkanes of at least 4 members (excludes halogenated alkanes) is 1. The van der Waals surface area contributed by atoms with Crippen molar-refractivity contribution in [1.82, 2.24) is 18.9 Å². The zero-order valence-electron chi connectivity index (χ0n) is 26.9. The van der Waals surface area contributed by atoms with Crippen molar-refractivity contribution < 1.29 is 19.1 Å². The maximum absolute atomic E-state index is 13.6. The highest BCUT2D eigenvalue weighted by Crippen LogP contribution is 2.62. The van der Waals surface area contributed by atoms with E-state index in [9.17, 15) is 24.3 Å². The second kappa shape index (κ2) is 11.5. The minimum atomic E-state index is -2.02. The van der Waals surface area contributed by atoms with Gasteiger partial charge in [0.25, 0.3) is 11.5 Å². The Kier molecular flexibility index (Phi) is 8.84. The van der Waals surface area contributed by atoms with Crippen LogP contribution in [0.2, 0.25) is 18.1 Å². The van der Waals surface area contributed by atoms with Gasteiger partial charge in [0.05, 0.1) is 6.61 Å².